The monoisotopic (exact) mass is 476 g/mol. The zero-order valence-electron chi connectivity index (χ0n) is 16.5. The smallest absolute Gasteiger partial charge is 0.284 e. The van der Waals surface area contributed by atoms with E-state index in [1.165, 1.54) is 24.3 Å². The second kappa shape index (κ2) is 8.45. The molecule has 166 valence electrons. The van der Waals surface area contributed by atoms with Gasteiger partial charge >= 0.3 is 0 Å². The summed E-state index contributed by atoms with van der Waals surface area (Å²) >= 11 is 5.94. The van der Waals surface area contributed by atoms with E-state index in [-0.39, 0.29) is 28.5 Å². The first-order valence-corrected chi connectivity index (χ1v) is 11.8. The van der Waals surface area contributed by atoms with E-state index in [1.54, 1.807) is 24.3 Å². The Hall–Kier alpha value is -3.08. The Balaban J connectivity index is 1.81. The minimum Gasteiger partial charge on any atom is -0.390 e. The fourth-order valence-corrected chi connectivity index (χ4v) is 5.38. The van der Waals surface area contributed by atoms with Gasteiger partial charge < -0.3 is 10.4 Å². The molecule has 11 heteroatoms. The molecular formula is C21H18ClFN4O4S. The molecule has 0 aliphatic carbocycles. The molecule has 3 atom stereocenters. The SMILES string of the molecule is N=S1(=O)C[C@H](O)[C@H](NC(=O)c2cc(-c3ccc(Cl)cc3)nn(-c3cccc(F)c3)c2=O)C1. The molecule has 0 saturated carbocycles. The quantitative estimate of drug-likeness (QED) is 0.532. The van der Waals surface area contributed by atoms with Crippen LogP contribution in [0.2, 0.25) is 5.02 Å². The molecule has 1 aromatic heterocycles. The van der Waals surface area contributed by atoms with Crippen molar-refractivity contribution in [2.24, 2.45) is 0 Å². The number of benzene rings is 2. The molecule has 1 aliphatic rings. The van der Waals surface area contributed by atoms with Crippen LogP contribution in [0.5, 0.6) is 0 Å². The molecule has 32 heavy (non-hydrogen) atoms. The summed E-state index contributed by atoms with van der Waals surface area (Å²) in [5.41, 5.74) is -0.166. The van der Waals surface area contributed by atoms with Gasteiger partial charge in [0.25, 0.3) is 11.5 Å². The summed E-state index contributed by atoms with van der Waals surface area (Å²) in [5, 5.41) is 17.3. The number of aliphatic hydroxyl groups excluding tert-OH is 1. The highest BCUT2D eigenvalue weighted by molar-refractivity contribution is 7.92. The lowest BCUT2D eigenvalue weighted by atomic mass is 10.1. The van der Waals surface area contributed by atoms with Crippen molar-refractivity contribution in [3.05, 3.63) is 81.4 Å². The van der Waals surface area contributed by atoms with Crippen LogP contribution in [-0.2, 0) is 9.73 Å². The molecule has 8 nitrogen and oxygen atoms in total. The normalized spacial score (nSPS) is 22.6. The van der Waals surface area contributed by atoms with E-state index < -0.39 is 39.2 Å². The lowest BCUT2D eigenvalue weighted by Gasteiger charge is -2.16. The molecule has 0 bridgehead atoms. The van der Waals surface area contributed by atoms with Crippen molar-refractivity contribution in [3.8, 4) is 16.9 Å². The van der Waals surface area contributed by atoms with Crippen LogP contribution in [0, 0.1) is 10.6 Å². The van der Waals surface area contributed by atoms with Crippen molar-refractivity contribution < 1.29 is 18.5 Å². The summed E-state index contributed by atoms with van der Waals surface area (Å²) in [5.74, 6) is -1.87. The molecular weight excluding hydrogens is 459 g/mol. The number of amides is 1. The van der Waals surface area contributed by atoms with E-state index in [0.29, 0.717) is 10.6 Å². The molecule has 1 aliphatic heterocycles. The van der Waals surface area contributed by atoms with Crippen molar-refractivity contribution in [1.29, 1.82) is 4.78 Å². The highest BCUT2D eigenvalue weighted by Crippen LogP contribution is 2.21. The maximum Gasteiger partial charge on any atom is 0.284 e. The topological polar surface area (TPSA) is 125 Å². The van der Waals surface area contributed by atoms with Gasteiger partial charge in [-0.3, -0.25) is 14.4 Å². The fraction of sp³-hybridized carbons (Fsp3) is 0.190. The Kier molecular flexibility index (Phi) is 5.85. The summed E-state index contributed by atoms with van der Waals surface area (Å²) in [6.45, 7) is 0. The molecule has 1 unspecified atom stereocenters. The molecule has 1 saturated heterocycles. The number of rotatable bonds is 4. The lowest BCUT2D eigenvalue weighted by molar-refractivity contribution is 0.0886. The highest BCUT2D eigenvalue weighted by Gasteiger charge is 2.35. The van der Waals surface area contributed by atoms with Gasteiger partial charge in [-0.05, 0) is 36.4 Å². The average molecular weight is 477 g/mol. The number of carbonyl (C=O) groups excluding carboxylic acids is 1. The highest BCUT2D eigenvalue weighted by atomic mass is 35.5. The first-order valence-electron chi connectivity index (χ1n) is 9.52. The summed E-state index contributed by atoms with van der Waals surface area (Å²) in [6.07, 6.45) is -1.16. The molecule has 0 spiro atoms. The van der Waals surface area contributed by atoms with Gasteiger partial charge in [-0.1, -0.05) is 29.8 Å². The average Bonchev–Trinajstić information content (AvgIpc) is 2.99. The molecule has 4 rings (SSSR count). The van der Waals surface area contributed by atoms with E-state index in [2.05, 4.69) is 10.4 Å². The van der Waals surface area contributed by atoms with Crippen molar-refractivity contribution >= 4 is 27.2 Å². The van der Waals surface area contributed by atoms with E-state index >= 15 is 0 Å². The van der Waals surface area contributed by atoms with Crippen LogP contribution < -0.4 is 10.9 Å². The van der Waals surface area contributed by atoms with Crippen LogP contribution in [0.3, 0.4) is 0 Å². The second-order valence-electron chi connectivity index (χ2n) is 7.44. The Morgan fingerprint density at radius 2 is 1.94 bits per heavy atom. The standard InChI is InChI=1S/C21H18ClFN4O4S/c22-13-6-4-12(5-7-13)17-9-16(20(29)25-18-10-32(24,31)11-19(18)28)21(30)27(26-17)15-3-1-2-14(23)8-15/h1-9,18-19,24,28H,10-11H2,(H,25,29)/t18-,19+,32?/m1/s1. The first kappa shape index (κ1) is 22.1. The maximum atomic E-state index is 13.8. The summed E-state index contributed by atoms with van der Waals surface area (Å²) < 4.78 is 34.3. The molecule has 0 radical (unpaired) electrons. The molecule has 2 heterocycles. The largest absolute Gasteiger partial charge is 0.390 e. The van der Waals surface area contributed by atoms with Crippen molar-refractivity contribution in [3.63, 3.8) is 0 Å². The van der Waals surface area contributed by atoms with Gasteiger partial charge in [-0.15, -0.1) is 0 Å². The maximum absolute atomic E-state index is 13.8. The van der Waals surface area contributed by atoms with Gasteiger partial charge in [-0.25, -0.2) is 8.60 Å². The van der Waals surface area contributed by atoms with Crippen LogP contribution in [0.1, 0.15) is 10.4 Å². The summed E-state index contributed by atoms with van der Waals surface area (Å²) in [7, 11) is -3.01. The number of halogens is 2. The third-order valence-corrected chi connectivity index (χ3v) is 7.05. The fourth-order valence-electron chi connectivity index (χ4n) is 3.45. The van der Waals surface area contributed by atoms with E-state index in [4.69, 9.17) is 16.4 Å². The predicted molar refractivity (Wildman–Crippen MR) is 118 cm³/mol. The third kappa shape index (κ3) is 4.57. The van der Waals surface area contributed by atoms with E-state index in [1.807, 2.05) is 0 Å². The van der Waals surface area contributed by atoms with E-state index in [0.717, 1.165) is 10.7 Å². The van der Waals surface area contributed by atoms with E-state index in [9.17, 15) is 23.3 Å². The Labute approximate surface area is 187 Å². The molecule has 1 amide bonds. The zero-order chi connectivity index (χ0) is 23.0. The Morgan fingerprint density at radius 3 is 2.56 bits per heavy atom. The number of nitrogens with zero attached hydrogens (tertiary/aromatic N) is 2. The van der Waals surface area contributed by atoms with Crippen molar-refractivity contribution in [1.82, 2.24) is 15.1 Å². The number of aliphatic hydroxyl groups is 1. The van der Waals surface area contributed by atoms with Crippen LogP contribution >= 0.6 is 11.6 Å². The minimum absolute atomic E-state index is 0.120. The van der Waals surface area contributed by atoms with Gasteiger partial charge in [0.2, 0.25) is 0 Å². The Bertz CT molecular complexity index is 1360. The third-order valence-electron chi connectivity index (χ3n) is 5.02. The second-order valence-corrected chi connectivity index (χ2v) is 10.2. The van der Waals surface area contributed by atoms with Gasteiger partial charge in [0, 0.05) is 20.3 Å². The van der Waals surface area contributed by atoms with Crippen LogP contribution in [0.4, 0.5) is 4.39 Å². The van der Waals surface area contributed by atoms with Crippen molar-refractivity contribution in [2.75, 3.05) is 11.5 Å². The lowest BCUT2D eigenvalue weighted by Crippen LogP contribution is -2.44. The van der Waals surface area contributed by atoms with Crippen LogP contribution in [0.15, 0.2) is 59.4 Å². The van der Waals surface area contributed by atoms with Gasteiger partial charge in [0.15, 0.2) is 0 Å². The zero-order valence-corrected chi connectivity index (χ0v) is 18.1. The first-order chi connectivity index (χ1) is 15.1. The molecule has 3 N–H and O–H groups in total. The minimum atomic E-state index is -3.01. The predicted octanol–water partition coefficient (Wildman–Crippen LogP) is 2.21. The number of hydrogen-bond acceptors (Lipinski definition) is 6. The summed E-state index contributed by atoms with van der Waals surface area (Å²) in [4.78, 5) is 26.0. The Morgan fingerprint density at radius 1 is 1.22 bits per heavy atom. The number of aromatic nitrogens is 2. The number of hydrogen-bond donors (Lipinski definition) is 3. The van der Waals surface area contributed by atoms with Crippen LogP contribution in [0.25, 0.3) is 16.9 Å². The van der Waals surface area contributed by atoms with Gasteiger partial charge in [0.1, 0.15) is 11.4 Å². The van der Waals surface area contributed by atoms with Crippen molar-refractivity contribution in [2.45, 2.75) is 12.1 Å². The molecule has 1 fully saturated rings. The number of nitrogens with one attached hydrogen (secondary N) is 2. The molecule has 2 aromatic carbocycles. The van der Waals surface area contributed by atoms with Gasteiger partial charge in [0.05, 0.1) is 35.0 Å². The van der Waals surface area contributed by atoms with Gasteiger partial charge in [-0.2, -0.15) is 9.78 Å². The molecule has 3 aromatic rings. The van der Waals surface area contributed by atoms with Crippen LogP contribution in [-0.4, -0.2) is 48.7 Å². The number of carbonyl (C=O) groups is 1. The summed E-state index contributed by atoms with van der Waals surface area (Å²) in [6, 6.07) is 12.1.